The summed E-state index contributed by atoms with van der Waals surface area (Å²) in [4.78, 5) is 24.7. The molecule has 172 valence electrons. The van der Waals surface area contributed by atoms with E-state index in [1.807, 2.05) is 0 Å². The van der Waals surface area contributed by atoms with Crippen LogP contribution in [0.25, 0.3) is 0 Å². The molecule has 0 bridgehead atoms. The molecule has 2 amide bonds. The van der Waals surface area contributed by atoms with Gasteiger partial charge in [0.15, 0.2) is 0 Å². The molecule has 10 heteroatoms. The lowest BCUT2D eigenvalue weighted by molar-refractivity contribution is -0.117. The minimum absolute atomic E-state index is 0.0700. The van der Waals surface area contributed by atoms with E-state index in [0.29, 0.717) is 5.56 Å². The summed E-state index contributed by atoms with van der Waals surface area (Å²) in [6, 6.07) is 16.3. The van der Waals surface area contributed by atoms with Crippen LogP contribution in [0.3, 0.4) is 0 Å². The van der Waals surface area contributed by atoms with Crippen LogP contribution in [-0.4, -0.2) is 33.4 Å². The number of rotatable bonds is 8. The maximum atomic E-state index is 13.1. The average molecular weight is 472 g/mol. The highest BCUT2D eigenvalue weighted by molar-refractivity contribution is 7.92. The van der Waals surface area contributed by atoms with Gasteiger partial charge >= 0.3 is 0 Å². The van der Waals surface area contributed by atoms with Crippen LogP contribution in [0, 0.1) is 5.82 Å². The quantitative estimate of drug-likeness (QED) is 0.466. The lowest BCUT2D eigenvalue weighted by Crippen LogP contribution is -2.41. The van der Waals surface area contributed by atoms with Crippen molar-refractivity contribution in [1.29, 1.82) is 0 Å². The first-order valence-electron chi connectivity index (χ1n) is 9.83. The number of carbonyl (C=O) groups excluding carboxylic acids is 2. The Balaban J connectivity index is 1.74. The molecule has 8 nitrogen and oxygen atoms in total. The van der Waals surface area contributed by atoms with Crippen molar-refractivity contribution in [2.75, 3.05) is 17.1 Å². The van der Waals surface area contributed by atoms with Gasteiger partial charge in [0.05, 0.1) is 17.7 Å². The average Bonchev–Trinajstić information content (AvgIpc) is 2.79. The Morgan fingerprint density at radius 2 is 1.64 bits per heavy atom. The summed E-state index contributed by atoms with van der Waals surface area (Å²) in [5.41, 5.74) is 0.762. The first kappa shape index (κ1) is 23.7. The second kappa shape index (κ2) is 10.1. The van der Waals surface area contributed by atoms with Gasteiger partial charge in [0.2, 0.25) is 5.91 Å². The molecule has 0 aromatic heterocycles. The van der Waals surface area contributed by atoms with Crippen LogP contribution in [0.2, 0.25) is 0 Å². The number of amides is 2. The van der Waals surface area contributed by atoms with Gasteiger partial charge in [-0.3, -0.25) is 14.3 Å². The molecule has 0 fully saturated rings. The highest BCUT2D eigenvalue weighted by atomic mass is 32.2. The van der Waals surface area contributed by atoms with Gasteiger partial charge in [-0.2, -0.15) is 0 Å². The molecule has 1 unspecified atom stereocenters. The summed E-state index contributed by atoms with van der Waals surface area (Å²) in [7, 11) is -2.67. The normalized spacial score (nSPS) is 11.8. The fraction of sp³-hybridized carbons (Fsp3) is 0.130. The summed E-state index contributed by atoms with van der Waals surface area (Å²) in [6.07, 6.45) is 0. The maximum Gasteiger partial charge on any atom is 0.262 e. The third-order valence-electron chi connectivity index (χ3n) is 4.61. The Hall–Kier alpha value is -3.92. The molecule has 33 heavy (non-hydrogen) atoms. The van der Waals surface area contributed by atoms with Gasteiger partial charge in [0.25, 0.3) is 15.9 Å². The van der Waals surface area contributed by atoms with Gasteiger partial charge in [0, 0.05) is 11.3 Å². The van der Waals surface area contributed by atoms with Crippen molar-refractivity contribution in [3.05, 3.63) is 84.2 Å². The number of carbonyl (C=O) groups is 2. The first-order valence-corrected chi connectivity index (χ1v) is 11.3. The number of ether oxygens (including phenoxy) is 1. The van der Waals surface area contributed by atoms with Gasteiger partial charge < -0.3 is 15.4 Å². The predicted molar refractivity (Wildman–Crippen MR) is 122 cm³/mol. The molecule has 0 spiro atoms. The Labute approximate surface area is 190 Å². The molecule has 0 heterocycles. The van der Waals surface area contributed by atoms with Crippen LogP contribution >= 0.6 is 0 Å². The molecule has 0 radical (unpaired) electrons. The first-order chi connectivity index (χ1) is 15.7. The zero-order chi connectivity index (χ0) is 24.0. The summed E-state index contributed by atoms with van der Waals surface area (Å²) < 4.78 is 46.0. The van der Waals surface area contributed by atoms with Gasteiger partial charge in [-0.25, -0.2) is 12.8 Å². The second-order valence-electron chi connectivity index (χ2n) is 7.02. The van der Waals surface area contributed by atoms with Crippen LogP contribution in [0.4, 0.5) is 15.8 Å². The molecule has 0 saturated carbocycles. The standard InChI is InChI=1S/C23H22FN3O5S/c1-15(25-23(29)16-6-4-3-5-7-16)22(28)26-18-10-13-21(32-2)20(14-18)27-33(30,31)19-11-8-17(24)9-12-19/h3-15,27H,1-2H3,(H,25,29)(H,26,28). The third kappa shape index (κ3) is 6.07. The van der Waals surface area contributed by atoms with E-state index < -0.39 is 33.7 Å². The van der Waals surface area contributed by atoms with E-state index >= 15 is 0 Å². The fourth-order valence-electron chi connectivity index (χ4n) is 2.87. The summed E-state index contributed by atoms with van der Waals surface area (Å²) in [5.74, 6) is -1.26. The van der Waals surface area contributed by atoms with Crippen LogP contribution in [-0.2, 0) is 14.8 Å². The van der Waals surface area contributed by atoms with Crippen molar-refractivity contribution >= 4 is 33.2 Å². The van der Waals surface area contributed by atoms with Crippen molar-refractivity contribution in [1.82, 2.24) is 5.32 Å². The molecule has 1 atom stereocenters. The van der Waals surface area contributed by atoms with Crippen LogP contribution < -0.4 is 20.1 Å². The molecular weight excluding hydrogens is 449 g/mol. The van der Waals surface area contributed by atoms with Crippen molar-refractivity contribution in [2.45, 2.75) is 17.9 Å². The zero-order valence-electron chi connectivity index (χ0n) is 17.8. The van der Waals surface area contributed by atoms with E-state index in [1.165, 1.54) is 32.2 Å². The van der Waals surface area contributed by atoms with Gasteiger partial charge in [-0.05, 0) is 61.5 Å². The number of hydrogen-bond donors (Lipinski definition) is 3. The van der Waals surface area contributed by atoms with Gasteiger partial charge in [0.1, 0.15) is 17.6 Å². The van der Waals surface area contributed by atoms with E-state index in [2.05, 4.69) is 15.4 Å². The van der Waals surface area contributed by atoms with E-state index in [4.69, 9.17) is 4.74 Å². The molecule has 0 aliphatic carbocycles. The largest absolute Gasteiger partial charge is 0.495 e. The number of sulfonamides is 1. The van der Waals surface area contributed by atoms with Crippen LogP contribution in [0.5, 0.6) is 5.75 Å². The third-order valence-corrected chi connectivity index (χ3v) is 5.99. The van der Waals surface area contributed by atoms with E-state index in [9.17, 15) is 22.4 Å². The smallest absolute Gasteiger partial charge is 0.262 e. The van der Waals surface area contributed by atoms with Gasteiger partial charge in [-0.1, -0.05) is 18.2 Å². The summed E-state index contributed by atoms with van der Waals surface area (Å²) >= 11 is 0. The van der Waals surface area contributed by atoms with Crippen LogP contribution in [0.15, 0.2) is 77.7 Å². The highest BCUT2D eigenvalue weighted by Gasteiger charge is 2.20. The molecule has 3 rings (SSSR count). The molecule has 0 aliphatic heterocycles. The molecular formula is C23H22FN3O5S. The minimum atomic E-state index is -4.04. The van der Waals surface area contributed by atoms with Crippen molar-refractivity contribution < 1.29 is 27.1 Å². The Bertz CT molecular complexity index is 1250. The molecule has 0 saturated heterocycles. The SMILES string of the molecule is COc1ccc(NC(=O)C(C)NC(=O)c2ccccc2)cc1NS(=O)(=O)c1ccc(F)cc1. The maximum absolute atomic E-state index is 13.1. The number of nitrogens with one attached hydrogen (secondary N) is 3. The number of methoxy groups -OCH3 is 1. The lowest BCUT2D eigenvalue weighted by Gasteiger charge is -2.16. The molecule has 3 N–H and O–H groups in total. The molecule has 3 aromatic carbocycles. The van der Waals surface area contributed by atoms with Crippen LogP contribution in [0.1, 0.15) is 17.3 Å². The Morgan fingerprint density at radius 1 is 0.970 bits per heavy atom. The Morgan fingerprint density at radius 3 is 2.27 bits per heavy atom. The zero-order valence-corrected chi connectivity index (χ0v) is 18.6. The number of halogens is 1. The second-order valence-corrected chi connectivity index (χ2v) is 8.71. The number of anilines is 2. The monoisotopic (exact) mass is 471 g/mol. The van der Waals surface area contributed by atoms with Gasteiger partial charge in [-0.15, -0.1) is 0 Å². The topological polar surface area (TPSA) is 114 Å². The van der Waals surface area contributed by atoms with Crippen molar-refractivity contribution in [3.8, 4) is 5.75 Å². The summed E-state index contributed by atoms with van der Waals surface area (Å²) in [5, 5.41) is 5.23. The Kier molecular flexibility index (Phi) is 7.29. The molecule has 0 aliphatic rings. The predicted octanol–water partition coefficient (Wildman–Crippen LogP) is 3.39. The fourth-order valence-corrected chi connectivity index (χ4v) is 3.93. The highest BCUT2D eigenvalue weighted by Crippen LogP contribution is 2.30. The van der Waals surface area contributed by atoms with Crippen molar-refractivity contribution in [2.24, 2.45) is 0 Å². The molecule has 3 aromatic rings. The summed E-state index contributed by atoms with van der Waals surface area (Å²) in [6.45, 7) is 1.53. The number of hydrogen-bond acceptors (Lipinski definition) is 5. The minimum Gasteiger partial charge on any atom is -0.495 e. The number of benzene rings is 3. The van der Waals surface area contributed by atoms with Crippen molar-refractivity contribution in [3.63, 3.8) is 0 Å². The van der Waals surface area contributed by atoms with E-state index in [0.717, 1.165) is 24.3 Å². The lowest BCUT2D eigenvalue weighted by atomic mass is 10.2. The van der Waals surface area contributed by atoms with E-state index in [1.54, 1.807) is 30.3 Å². The van der Waals surface area contributed by atoms with E-state index in [-0.39, 0.29) is 22.0 Å².